The first-order chi connectivity index (χ1) is 11.5. The summed E-state index contributed by atoms with van der Waals surface area (Å²) in [5.74, 6) is 1.66. The van der Waals surface area contributed by atoms with Crippen LogP contribution in [0, 0.1) is 10.1 Å². The molecular weight excluding hydrogens is 336 g/mol. The Bertz CT molecular complexity index is 751. The summed E-state index contributed by atoms with van der Waals surface area (Å²) in [5.41, 5.74) is 1.03. The Morgan fingerprint density at radius 1 is 1.04 bits per heavy atom. The fourth-order valence-electron chi connectivity index (χ4n) is 2.23. The number of hydrogen-bond acceptors (Lipinski definition) is 6. The van der Waals surface area contributed by atoms with Crippen molar-refractivity contribution in [1.29, 1.82) is 0 Å². The Balaban J connectivity index is 2.31. The van der Waals surface area contributed by atoms with Crippen LogP contribution in [0.3, 0.4) is 0 Å². The first-order valence-corrected chi connectivity index (χ1v) is 7.34. The van der Waals surface area contributed by atoms with E-state index in [2.05, 4.69) is 5.32 Å². The summed E-state index contributed by atoms with van der Waals surface area (Å²) in [5, 5.41) is 14.5. The molecule has 0 aromatic heterocycles. The van der Waals surface area contributed by atoms with E-state index in [9.17, 15) is 10.1 Å². The number of anilines is 1. The van der Waals surface area contributed by atoms with Gasteiger partial charge in [0.25, 0.3) is 5.69 Å². The second kappa shape index (κ2) is 7.74. The minimum absolute atomic E-state index is 0.0954. The highest BCUT2D eigenvalue weighted by Crippen LogP contribution is 2.35. The molecule has 1 N–H and O–H groups in total. The number of nitro benzene ring substituents is 1. The number of rotatable bonds is 7. The van der Waals surface area contributed by atoms with Crippen LogP contribution in [0.15, 0.2) is 30.3 Å². The summed E-state index contributed by atoms with van der Waals surface area (Å²) < 4.78 is 15.8. The van der Waals surface area contributed by atoms with Gasteiger partial charge in [0.05, 0.1) is 26.3 Å². The van der Waals surface area contributed by atoms with Crippen molar-refractivity contribution in [2.75, 3.05) is 26.6 Å². The molecule has 0 amide bonds. The molecule has 7 nitrogen and oxygen atoms in total. The van der Waals surface area contributed by atoms with Crippen LogP contribution >= 0.6 is 11.6 Å². The molecule has 0 bridgehead atoms. The molecule has 2 aromatic carbocycles. The summed E-state index contributed by atoms with van der Waals surface area (Å²) in [6.07, 6.45) is 0. The van der Waals surface area contributed by atoms with Gasteiger partial charge in [-0.25, -0.2) is 0 Å². The minimum atomic E-state index is -0.486. The van der Waals surface area contributed by atoms with E-state index in [0.717, 1.165) is 5.56 Å². The Kier molecular flexibility index (Phi) is 5.70. The minimum Gasteiger partial charge on any atom is -0.496 e. The summed E-state index contributed by atoms with van der Waals surface area (Å²) in [6, 6.07) is 7.91. The average molecular weight is 353 g/mol. The number of halogens is 1. The topological polar surface area (TPSA) is 82.9 Å². The lowest BCUT2D eigenvalue weighted by Gasteiger charge is -2.15. The normalized spacial score (nSPS) is 10.2. The molecule has 0 aliphatic rings. The monoisotopic (exact) mass is 352 g/mol. The number of hydrogen-bond donors (Lipinski definition) is 1. The van der Waals surface area contributed by atoms with Crippen LogP contribution in [-0.4, -0.2) is 26.3 Å². The van der Waals surface area contributed by atoms with Gasteiger partial charge in [-0.1, -0.05) is 11.6 Å². The van der Waals surface area contributed by atoms with Crippen molar-refractivity contribution in [1.82, 2.24) is 0 Å². The van der Waals surface area contributed by atoms with Crippen molar-refractivity contribution in [3.63, 3.8) is 0 Å². The highest BCUT2D eigenvalue weighted by Gasteiger charge is 2.16. The maximum absolute atomic E-state index is 11.1. The van der Waals surface area contributed by atoms with Crippen LogP contribution in [0.4, 0.5) is 11.4 Å². The van der Waals surface area contributed by atoms with E-state index in [1.165, 1.54) is 27.4 Å². The molecule has 24 heavy (non-hydrogen) atoms. The fourth-order valence-corrected chi connectivity index (χ4v) is 2.39. The second-order valence-electron chi connectivity index (χ2n) is 4.79. The van der Waals surface area contributed by atoms with Gasteiger partial charge in [0, 0.05) is 29.3 Å². The first kappa shape index (κ1) is 17.7. The van der Waals surface area contributed by atoms with Crippen molar-refractivity contribution in [2.45, 2.75) is 6.54 Å². The van der Waals surface area contributed by atoms with E-state index in [1.54, 1.807) is 24.3 Å². The highest BCUT2D eigenvalue weighted by molar-refractivity contribution is 6.30. The Morgan fingerprint density at radius 3 is 2.25 bits per heavy atom. The van der Waals surface area contributed by atoms with Gasteiger partial charge in [-0.3, -0.25) is 10.1 Å². The number of nitrogens with one attached hydrogen (secondary N) is 1. The number of ether oxygens (including phenoxy) is 3. The molecule has 128 valence electrons. The zero-order chi connectivity index (χ0) is 17.7. The average Bonchev–Trinajstić information content (AvgIpc) is 2.59. The first-order valence-electron chi connectivity index (χ1n) is 6.96. The van der Waals surface area contributed by atoms with E-state index in [0.29, 0.717) is 34.5 Å². The van der Waals surface area contributed by atoms with Gasteiger partial charge in [0.2, 0.25) is 0 Å². The molecule has 0 spiro atoms. The van der Waals surface area contributed by atoms with Gasteiger partial charge < -0.3 is 19.5 Å². The van der Waals surface area contributed by atoms with Crippen LogP contribution in [0.2, 0.25) is 5.02 Å². The number of benzene rings is 2. The lowest BCUT2D eigenvalue weighted by Crippen LogP contribution is -2.05. The van der Waals surface area contributed by atoms with E-state index in [4.69, 9.17) is 25.8 Å². The molecule has 0 radical (unpaired) electrons. The number of methoxy groups -OCH3 is 3. The summed E-state index contributed by atoms with van der Waals surface area (Å²) >= 11 is 5.82. The lowest BCUT2D eigenvalue weighted by molar-refractivity contribution is -0.383. The number of nitrogens with zero attached hydrogens (tertiary/aromatic N) is 1. The Labute approximate surface area is 144 Å². The van der Waals surface area contributed by atoms with Crippen LogP contribution in [0.25, 0.3) is 0 Å². The van der Waals surface area contributed by atoms with E-state index < -0.39 is 4.92 Å². The van der Waals surface area contributed by atoms with Crippen molar-refractivity contribution in [2.24, 2.45) is 0 Å². The van der Waals surface area contributed by atoms with Gasteiger partial charge in [-0.05, 0) is 18.2 Å². The number of nitro groups is 1. The summed E-state index contributed by atoms with van der Waals surface area (Å²) in [4.78, 5) is 10.7. The van der Waals surface area contributed by atoms with Crippen LogP contribution in [0.5, 0.6) is 17.2 Å². The van der Waals surface area contributed by atoms with Crippen molar-refractivity contribution in [3.05, 3.63) is 51.0 Å². The molecular formula is C16H17ClN2O5. The van der Waals surface area contributed by atoms with Gasteiger partial charge >= 0.3 is 0 Å². The standard InChI is InChI=1S/C16H17ClN2O5/c1-22-14-8-16(24-3)15(23-2)6-10(14)9-18-12-5-4-11(17)7-13(12)19(20)21/h4-8,18H,9H2,1-3H3. The van der Waals surface area contributed by atoms with E-state index in [-0.39, 0.29) is 5.69 Å². The van der Waals surface area contributed by atoms with E-state index >= 15 is 0 Å². The molecule has 0 saturated heterocycles. The largest absolute Gasteiger partial charge is 0.496 e. The van der Waals surface area contributed by atoms with Gasteiger partial charge in [-0.15, -0.1) is 0 Å². The maximum atomic E-state index is 11.1. The Hall–Kier alpha value is -2.67. The molecule has 2 aromatic rings. The van der Waals surface area contributed by atoms with E-state index in [1.807, 2.05) is 0 Å². The predicted molar refractivity (Wildman–Crippen MR) is 91.5 cm³/mol. The quantitative estimate of drug-likeness (QED) is 0.601. The smallest absolute Gasteiger partial charge is 0.293 e. The van der Waals surface area contributed by atoms with Crippen LogP contribution < -0.4 is 19.5 Å². The lowest BCUT2D eigenvalue weighted by atomic mass is 10.1. The third-order valence-corrected chi connectivity index (χ3v) is 3.65. The Morgan fingerprint density at radius 2 is 1.67 bits per heavy atom. The van der Waals surface area contributed by atoms with Crippen molar-refractivity contribution >= 4 is 23.0 Å². The molecule has 0 aliphatic heterocycles. The zero-order valence-corrected chi connectivity index (χ0v) is 14.2. The fraction of sp³-hybridized carbons (Fsp3) is 0.250. The third-order valence-electron chi connectivity index (χ3n) is 3.41. The molecule has 0 heterocycles. The molecule has 8 heteroatoms. The molecule has 2 rings (SSSR count). The van der Waals surface area contributed by atoms with Gasteiger partial charge in [0.15, 0.2) is 11.5 Å². The highest BCUT2D eigenvalue weighted by atomic mass is 35.5. The van der Waals surface area contributed by atoms with Crippen LogP contribution in [0.1, 0.15) is 5.56 Å². The molecule has 0 fully saturated rings. The van der Waals surface area contributed by atoms with Gasteiger partial charge in [0.1, 0.15) is 11.4 Å². The summed E-state index contributed by atoms with van der Waals surface area (Å²) in [7, 11) is 4.60. The van der Waals surface area contributed by atoms with Crippen LogP contribution in [-0.2, 0) is 6.54 Å². The van der Waals surface area contributed by atoms with Crippen molar-refractivity contribution < 1.29 is 19.1 Å². The second-order valence-corrected chi connectivity index (χ2v) is 5.23. The van der Waals surface area contributed by atoms with Crippen molar-refractivity contribution in [3.8, 4) is 17.2 Å². The van der Waals surface area contributed by atoms with Gasteiger partial charge in [-0.2, -0.15) is 0 Å². The zero-order valence-electron chi connectivity index (χ0n) is 13.5. The molecule has 0 saturated carbocycles. The SMILES string of the molecule is COc1cc(OC)c(OC)cc1CNc1ccc(Cl)cc1[N+](=O)[O-]. The summed E-state index contributed by atoms with van der Waals surface area (Å²) in [6.45, 7) is 0.298. The predicted octanol–water partition coefficient (Wildman–Crippen LogP) is 3.89. The maximum Gasteiger partial charge on any atom is 0.293 e. The third kappa shape index (κ3) is 3.80. The molecule has 0 atom stereocenters. The molecule has 0 unspecified atom stereocenters. The molecule has 0 aliphatic carbocycles.